The van der Waals surface area contributed by atoms with Crippen LogP contribution in [-0.2, 0) is 0 Å². The quantitative estimate of drug-likeness (QED) is 0.274. The van der Waals surface area contributed by atoms with Crippen LogP contribution < -0.4 is 0 Å². The van der Waals surface area contributed by atoms with Gasteiger partial charge in [-0.2, -0.15) is 0 Å². The van der Waals surface area contributed by atoms with Crippen molar-refractivity contribution in [2.75, 3.05) is 0 Å². The smallest absolute Gasteiger partial charge is 0.124 e. The average Bonchev–Trinajstić information content (AvgIpc) is 2.60. The van der Waals surface area contributed by atoms with Crippen LogP contribution in [0.1, 0.15) is 0 Å². The summed E-state index contributed by atoms with van der Waals surface area (Å²) in [6, 6.07) is 27.0. The molecule has 0 aliphatic rings. The summed E-state index contributed by atoms with van der Waals surface area (Å²) in [5.41, 5.74) is 0. The molecule has 0 saturated heterocycles. The lowest BCUT2D eigenvalue weighted by molar-refractivity contribution is 0.482. The Hall–Kier alpha value is -3.06. The van der Waals surface area contributed by atoms with Crippen LogP contribution in [0.5, 0.6) is 5.75 Å². The van der Waals surface area contributed by atoms with E-state index >= 15 is 0 Å². The van der Waals surface area contributed by atoms with E-state index in [0.29, 0.717) is 5.75 Å². The van der Waals surface area contributed by atoms with Gasteiger partial charge >= 0.3 is 0 Å². The van der Waals surface area contributed by atoms with Crippen molar-refractivity contribution in [3.8, 4) is 5.75 Å². The minimum Gasteiger partial charge on any atom is -0.507 e. The molecule has 23 heavy (non-hydrogen) atoms. The molecule has 0 fully saturated rings. The maximum absolute atomic E-state index is 10.4. The predicted octanol–water partition coefficient (Wildman–Crippen LogP) is 6.01. The van der Waals surface area contributed by atoms with Crippen molar-refractivity contribution in [2.45, 2.75) is 0 Å². The Labute approximate surface area is 133 Å². The summed E-state index contributed by atoms with van der Waals surface area (Å²) >= 11 is 0. The van der Waals surface area contributed by atoms with Crippen LogP contribution in [-0.4, -0.2) is 5.11 Å². The first kappa shape index (κ1) is 12.5. The summed E-state index contributed by atoms with van der Waals surface area (Å²) in [7, 11) is 0. The van der Waals surface area contributed by atoms with E-state index in [-0.39, 0.29) is 0 Å². The van der Waals surface area contributed by atoms with Gasteiger partial charge in [-0.1, -0.05) is 60.7 Å². The van der Waals surface area contributed by atoms with Crippen molar-refractivity contribution in [2.24, 2.45) is 0 Å². The Bertz CT molecular complexity index is 1220. The first-order valence-electron chi connectivity index (χ1n) is 7.78. The molecule has 0 aromatic heterocycles. The van der Waals surface area contributed by atoms with E-state index in [9.17, 15) is 5.11 Å². The van der Waals surface area contributed by atoms with Crippen LogP contribution in [0.15, 0.2) is 78.9 Å². The van der Waals surface area contributed by atoms with Crippen molar-refractivity contribution < 1.29 is 5.11 Å². The van der Waals surface area contributed by atoms with Gasteiger partial charge in [0, 0.05) is 5.39 Å². The highest BCUT2D eigenvalue weighted by Crippen LogP contribution is 2.40. The molecule has 0 aliphatic carbocycles. The molecular formula is C22H14O. The van der Waals surface area contributed by atoms with Crippen LogP contribution >= 0.6 is 0 Å². The average molecular weight is 294 g/mol. The van der Waals surface area contributed by atoms with Gasteiger partial charge < -0.3 is 5.11 Å². The molecule has 0 spiro atoms. The minimum absolute atomic E-state index is 0.341. The number of phenolic OH excluding ortho intramolecular Hbond substituents is 1. The Morgan fingerprint density at radius 1 is 0.478 bits per heavy atom. The molecule has 0 bridgehead atoms. The Kier molecular flexibility index (Phi) is 2.42. The largest absolute Gasteiger partial charge is 0.507 e. The third-order valence-corrected chi connectivity index (χ3v) is 4.71. The van der Waals surface area contributed by atoms with Crippen LogP contribution in [0.3, 0.4) is 0 Å². The second-order valence-electron chi connectivity index (χ2n) is 5.99. The molecule has 5 rings (SSSR count). The Morgan fingerprint density at radius 3 is 1.74 bits per heavy atom. The highest BCUT2D eigenvalue weighted by molar-refractivity contribution is 6.28. The first-order valence-corrected chi connectivity index (χ1v) is 7.78. The van der Waals surface area contributed by atoms with Crippen LogP contribution in [0, 0.1) is 0 Å². The first-order chi connectivity index (χ1) is 11.3. The second-order valence-corrected chi connectivity index (χ2v) is 5.99. The third-order valence-electron chi connectivity index (χ3n) is 4.71. The summed E-state index contributed by atoms with van der Waals surface area (Å²) in [4.78, 5) is 0. The van der Waals surface area contributed by atoms with E-state index in [1.807, 2.05) is 12.1 Å². The molecule has 0 saturated carbocycles. The lowest BCUT2D eigenvalue weighted by Gasteiger charge is -2.12. The number of hydrogen-bond acceptors (Lipinski definition) is 1. The third kappa shape index (κ3) is 1.68. The zero-order chi connectivity index (χ0) is 15.4. The van der Waals surface area contributed by atoms with Gasteiger partial charge in [-0.15, -0.1) is 0 Å². The van der Waals surface area contributed by atoms with Gasteiger partial charge in [0.2, 0.25) is 0 Å². The fraction of sp³-hybridized carbons (Fsp3) is 0. The van der Waals surface area contributed by atoms with E-state index in [0.717, 1.165) is 16.2 Å². The molecule has 0 aliphatic heterocycles. The maximum Gasteiger partial charge on any atom is 0.124 e. The number of hydrogen-bond donors (Lipinski definition) is 1. The van der Waals surface area contributed by atoms with E-state index in [2.05, 4.69) is 60.7 Å². The zero-order valence-electron chi connectivity index (χ0n) is 12.5. The second kappa shape index (κ2) is 4.47. The standard InChI is InChI=1S/C22H14O/c23-21-11-5-10-18-20-13-15-7-2-1-6-14(15)12-19(20)16-8-3-4-9-17(16)22(18)21/h1-13,23H. The number of benzene rings is 5. The topological polar surface area (TPSA) is 20.2 Å². The van der Waals surface area contributed by atoms with Gasteiger partial charge in [0.05, 0.1) is 0 Å². The van der Waals surface area contributed by atoms with Crippen LogP contribution in [0.2, 0.25) is 0 Å². The molecule has 108 valence electrons. The van der Waals surface area contributed by atoms with Crippen molar-refractivity contribution >= 4 is 43.1 Å². The SMILES string of the molecule is Oc1cccc2c3cc4ccccc4cc3c3ccccc3c12. The fourth-order valence-corrected chi connectivity index (χ4v) is 3.67. The lowest BCUT2D eigenvalue weighted by atomic mass is 9.92. The number of rotatable bonds is 0. The highest BCUT2D eigenvalue weighted by atomic mass is 16.3. The number of phenols is 1. The summed E-state index contributed by atoms with van der Waals surface area (Å²) < 4.78 is 0. The van der Waals surface area contributed by atoms with Crippen molar-refractivity contribution in [1.82, 2.24) is 0 Å². The molecule has 1 heteroatoms. The molecule has 1 nitrogen and oxygen atoms in total. The number of aromatic hydroxyl groups is 1. The van der Waals surface area contributed by atoms with Gasteiger partial charge in [0.15, 0.2) is 0 Å². The van der Waals surface area contributed by atoms with Crippen LogP contribution in [0.25, 0.3) is 43.1 Å². The molecule has 0 unspecified atom stereocenters. The summed E-state index contributed by atoms with van der Waals surface area (Å²) in [6.07, 6.45) is 0. The zero-order valence-corrected chi connectivity index (χ0v) is 12.5. The minimum atomic E-state index is 0.341. The van der Waals surface area contributed by atoms with Gasteiger partial charge in [0.1, 0.15) is 5.75 Å². The van der Waals surface area contributed by atoms with Crippen LogP contribution in [0.4, 0.5) is 0 Å². The summed E-state index contributed by atoms with van der Waals surface area (Å²) in [5.74, 6) is 0.341. The lowest BCUT2D eigenvalue weighted by Crippen LogP contribution is -1.84. The monoisotopic (exact) mass is 294 g/mol. The highest BCUT2D eigenvalue weighted by Gasteiger charge is 2.11. The molecular weight excluding hydrogens is 280 g/mol. The summed E-state index contributed by atoms with van der Waals surface area (Å²) in [5, 5.41) is 19.6. The molecule has 1 N–H and O–H groups in total. The molecule has 5 aromatic carbocycles. The summed E-state index contributed by atoms with van der Waals surface area (Å²) in [6.45, 7) is 0. The van der Waals surface area contributed by atoms with Gasteiger partial charge in [-0.05, 0) is 55.9 Å². The molecule has 5 aromatic rings. The molecule has 0 amide bonds. The Balaban J connectivity index is 2.18. The predicted molar refractivity (Wildman–Crippen MR) is 98.1 cm³/mol. The normalized spacial score (nSPS) is 11.7. The fourth-order valence-electron chi connectivity index (χ4n) is 3.67. The number of fused-ring (bicyclic) bond motifs is 7. The Morgan fingerprint density at radius 2 is 1.00 bits per heavy atom. The van der Waals surface area contributed by atoms with Gasteiger partial charge in [0.25, 0.3) is 0 Å². The van der Waals surface area contributed by atoms with Crippen molar-refractivity contribution in [3.63, 3.8) is 0 Å². The van der Waals surface area contributed by atoms with Crippen molar-refractivity contribution in [1.29, 1.82) is 0 Å². The van der Waals surface area contributed by atoms with E-state index in [4.69, 9.17) is 0 Å². The molecule has 0 atom stereocenters. The van der Waals surface area contributed by atoms with E-state index in [1.165, 1.54) is 26.9 Å². The van der Waals surface area contributed by atoms with Gasteiger partial charge in [-0.3, -0.25) is 0 Å². The maximum atomic E-state index is 10.4. The van der Waals surface area contributed by atoms with Crippen molar-refractivity contribution in [3.05, 3.63) is 78.9 Å². The van der Waals surface area contributed by atoms with E-state index in [1.54, 1.807) is 6.07 Å². The van der Waals surface area contributed by atoms with Gasteiger partial charge in [-0.25, -0.2) is 0 Å². The molecule has 0 heterocycles. The molecule has 0 radical (unpaired) electrons. The van der Waals surface area contributed by atoms with E-state index < -0.39 is 0 Å².